The standard InChI is InChI=1S/C28H35N3O9S2/c1-16-22(24-29-13-14-39-24)41-25-23(16)42(36,37)31(28(2,3)26(33)34)27(35)30(25)15-21(19-7-5-6-8-20(19)38-4)40-18-11-9-17(32)10-12-18/h5-8,13-14,17-18,21,23,25,32H,9-12,15H2,1-4H3,(H,33,34)/t17-,18+,21-,23?,25?/m0/s1. The number of aliphatic hydroxyl groups excluding tert-OH is 1. The summed E-state index contributed by atoms with van der Waals surface area (Å²) in [7, 11) is -2.96. The summed E-state index contributed by atoms with van der Waals surface area (Å²) < 4.78 is 46.3. The fourth-order valence-corrected chi connectivity index (χ4v) is 10.1. The number of carboxylic acids is 1. The molecule has 2 aliphatic heterocycles. The first-order chi connectivity index (χ1) is 19.9. The number of methoxy groups -OCH3 is 1. The number of fused-ring (bicyclic) bond motifs is 1. The highest BCUT2D eigenvalue weighted by molar-refractivity contribution is 8.10. The van der Waals surface area contributed by atoms with Crippen molar-refractivity contribution in [1.29, 1.82) is 0 Å². The number of aliphatic hydroxyl groups is 1. The number of nitrogens with zero attached hydrogens (tertiary/aromatic N) is 3. The van der Waals surface area contributed by atoms with Gasteiger partial charge in [0.2, 0.25) is 15.9 Å². The predicted molar refractivity (Wildman–Crippen MR) is 154 cm³/mol. The van der Waals surface area contributed by atoms with E-state index in [9.17, 15) is 28.2 Å². The molecule has 1 aliphatic carbocycles. The SMILES string of the molecule is COc1ccccc1[C@H](CN1C(=O)N(C(C)(C)C(=O)O)S(=O)(=O)C2C(C)=C(c3ncco3)SC21)O[C@H]1CC[C@@H](O)CC1. The van der Waals surface area contributed by atoms with Gasteiger partial charge in [-0.25, -0.2) is 27.3 Å². The average molecular weight is 622 g/mol. The topological polar surface area (TPSA) is 160 Å². The van der Waals surface area contributed by atoms with Crippen LogP contribution in [0.15, 0.2) is 46.7 Å². The molecule has 2 aromatic rings. The molecule has 2 fully saturated rings. The summed E-state index contributed by atoms with van der Waals surface area (Å²) in [6, 6.07) is 6.27. The molecular weight excluding hydrogens is 586 g/mol. The molecule has 0 radical (unpaired) electrons. The lowest BCUT2D eigenvalue weighted by Gasteiger charge is -2.47. The second kappa shape index (κ2) is 11.5. The minimum atomic E-state index is -4.49. The zero-order chi connectivity index (χ0) is 30.4. The van der Waals surface area contributed by atoms with Crippen LogP contribution in [-0.4, -0.2) is 86.8 Å². The minimum Gasteiger partial charge on any atom is -0.496 e. The van der Waals surface area contributed by atoms with Crippen molar-refractivity contribution in [3.05, 3.63) is 53.8 Å². The number of hydrogen-bond acceptors (Lipinski definition) is 10. The molecule has 3 heterocycles. The zero-order valence-electron chi connectivity index (χ0n) is 23.8. The molecule has 1 aromatic carbocycles. The highest BCUT2D eigenvalue weighted by Crippen LogP contribution is 2.52. The van der Waals surface area contributed by atoms with E-state index in [1.165, 1.54) is 38.3 Å². The lowest BCUT2D eigenvalue weighted by atomic mass is 9.94. The lowest BCUT2D eigenvalue weighted by Crippen LogP contribution is -2.68. The molecule has 0 bridgehead atoms. The number of thioether (sulfide) groups is 1. The molecule has 1 aromatic heterocycles. The Labute approximate surface area is 248 Å². The van der Waals surface area contributed by atoms with E-state index in [2.05, 4.69) is 4.98 Å². The number of urea groups is 1. The molecule has 0 spiro atoms. The molecule has 2 unspecified atom stereocenters. The van der Waals surface area contributed by atoms with Crippen molar-refractivity contribution in [1.82, 2.24) is 14.2 Å². The Hall–Kier alpha value is -3.07. The van der Waals surface area contributed by atoms with Crippen LogP contribution in [0.2, 0.25) is 0 Å². The van der Waals surface area contributed by atoms with Crippen molar-refractivity contribution in [2.75, 3.05) is 13.7 Å². The van der Waals surface area contributed by atoms with Crippen molar-refractivity contribution in [2.24, 2.45) is 0 Å². The Bertz CT molecular complexity index is 1470. The Morgan fingerprint density at radius 3 is 2.55 bits per heavy atom. The molecule has 1 saturated heterocycles. The number of aliphatic carboxylic acids is 1. The number of ether oxygens (including phenoxy) is 2. The van der Waals surface area contributed by atoms with Crippen molar-refractivity contribution in [2.45, 2.75) is 80.9 Å². The number of carbonyl (C=O) groups is 2. The van der Waals surface area contributed by atoms with Gasteiger partial charge in [0.25, 0.3) is 0 Å². The number of benzene rings is 1. The maximum atomic E-state index is 14.2. The first-order valence-corrected chi connectivity index (χ1v) is 16.1. The van der Waals surface area contributed by atoms with Crippen LogP contribution in [0, 0.1) is 0 Å². The van der Waals surface area contributed by atoms with E-state index in [1.54, 1.807) is 13.0 Å². The van der Waals surface area contributed by atoms with Gasteiger partial charge < -0.3 is 29.0 Å². The highest BCUT2D eigenvalue weighted by atomic mass is 32.2. The van der Waals surface area contributed by atoms with Crippen LogP contribution in [0.4, 0.5) is 4.79 Å². The molecule has 3 atom stereocenters. The Kier molecular flexibility index (Phi) is 8.36. The highest BCUT2D eigenvalue weighted by Gasteiger charge is 2.61. The van der Waals surface area contributed by atoms with E-state index in [4.69, 9.17) is 13.9 Å². The van der Waals surface area contributed by atoms with E-state index < -0.39 is 50.4 Å². The fraction of sp³-hybridized carbons (Fsp3) is 0.536. The lowest BCUT2D eigenvalue weighted by molar-refractivity contribution is -0.145. The number of hydrogen-bond donors (Lipinski definition) is 2. The van der Waals surface area contributed by atoms with E-state index >= 15 is 0 Å². The minimum absolute atomic E-state index is 0.0830. The summed E-state index contributed by atoms with van der Waals surface area (Å²) in [5.41, 5.74) is -1.00. The molecule has 14 heteroatoms. The van der Waals surface area contributed by atoms with Crippen molar-refractivity contribution < 1.29 is 42.1 Å². The molecule has 2 amide bonds. The maximum Gasteiger partial charge on any atom is 0.335 e. The van der Waals surface area contributed by atoms with Crippen molar-refractivity contribution in [3.63, 3.8) is 0 Å². The zero-order valence-corrected chi connectivity index (χ0v) is 25.4. The van der Waals surface area contributed by atoms with Crippen molar-refractivity contribution in [3.8, 4) is 5.75 Å². The van der Waals surface area contributed by atoms with Crippen LogP contribution < -0.4 is 4.74 Å². The molecule has 2 N–H and O–H groups in total. The first-order valence-electron chi connectivity index (χ1n) is 13.7. The van der Waals surface area contributed by atoms with Crippen molar-refractivity contribution >= 4 is 38.7 Å². The summed E-state index contributed by atoms with van der Waals surface area (Å²) in [6.07, 6.45) is 3.85. The molecule has 42 heavy (non-hydrogen) atoms. The van der Waals surface area contributed by atoms with Gasteiger partial charge in [-0.3, -0.25) is 0 Å². The maximum absolute atomic E-state index is 14.2. The van der Waals surface area contributed by atoms with Gasteiger partial charge in [0.15, 0.2) is 5.54 Å². The number of oxazole rings is 1. The summed E-state index contributed by atoms with van der Waals surface area (Å²) in [6.45, 7) is 3.94. The van der Waals surface area contributed by atoms with E-state index in [0.29, 0.717) is 51.8 Å². The van der Waals surface area contributed by atoms with Crippen LogP contribution >= 0.6 is 11.8 Å². The van der Waals surface area contributed by atoms with Gasteiger partial charge in [-0.2, -0.15) is 0 Å². The van der Waals surface area contributed by atoms with Crippen LogP contribution in [0.1, 0.15) is 64.0 Å². The quantitative estimate of drug-likeness (QED) is 0.419. The predicted octanol–water partition coefficient (Wildman–Crippen LogP) is 3.85. The third-order valence-corrected chi connectivity index (χ3v) is 12.1. The number of amides is 2. The Morgan fingerprint density at radius 2 is 1.93 bits per heavy atom. The Morgan fingerprint density at radius 1 is 1.24 bits per heavy atom. The number of aromatic nitrogens is 1. The number of carbonyl (C=O) groups excluding carboxylic acids is 1. The largest absolute Gasteiger partial charge is 0.496 e. The molecule has 1 saturated carbocycles. The molecule has 3 aliphatic rings. The van der Waals surface area contributed by atoms with Gasteiger partial charge >= 0.3 is 12.0 Å². The summed E-state index contributed by atoms with van der Waals surface area (Å²) >= 11 is 1.14. The van der Waals surface area contributed by atoms with E-state index in [-0.39, 0.29) is 18.5 Å². The van der Waals surface area contributed by atoms with Gasteiger partial charge in [0.05, 0.1) is 37.0 Å². The molecule has 12 nitrogen and oxygen atoms in total. The van der Waals surface area contributed by atoms with Crippen LogP contribution in [-0.2, 0) is 19.6 Å². The van der Waals surface area contributed by atoms with Crippen LogP contribution in [0.3, 0.4) is 0 Å². The third-order valence-electron chi connectivity index (χ3n) is 8.09. The molecule has 5 rings (SSSR count). The average Bonchev–Trinajstić information content (AvgIpc) is 3.59. The van der Waals surface area contributed by atoms with Gasteiger partial charge in [-0.15, -0.1) is 0 Å². The third kappa shape index (κ3) is 5.29. The van der Waals surface area contributed by atoms with Crippen LogP contribution in [0.25, 0.3) is 4.91 Å². The second-order valence-electron chi connectivity index (χ2n) is 11.2. The monoisotopic (exact) mass is 621 g/mol. The summed E-state index contributed by atoms with van der Waals surface area (Å²) in [5, 5.41) is 17.9. The number of carboxylic acid groups (broad SMARTS) is 1. The van der Waals surface area contributed by atoms with Gasteiger partial charge in [0.1, 0.15) is 28.7 Å². The first kappa shape index (κ1) is 30.4. The molecular formula is C28H35N3O9S2. The van der Waals surface area contributed by atoms with Gasteiger partial charge in [-0.05, 0) is 58.1 Å². The van der Waals surface area contributed by atoms with Crippen LogP contribution in [0.5, 0.6) is 5.75 Å². The number of sulfonamides is 1. The van der Waals surface area contributed by atoms with E-state index in [0.717, 1.165) is 11.8 Å². The number of para-hydroxylation sites is 1. The fourth-order valence-electron chi connectivity index (χ4n) is 5.78. The molecule has 228 valence electrons. The smallest absolute Gasteiger partial charge is 0.335 e. The van der Waals surface area contributed by atoms with Gasteiger partial charge in [-0.1, -0.05) is 30.0 Å². The van der Waals surface area contributed by atoms with Gasteiger partial charge in [0, 0.05) is 5.56 Å². The second-order valence-corrected chi connectivity index (χ2v) is 14.2. The summed E-state index contributed by atoms with van der Waals surface area (Å²) in [5.74, 6) is -0.711. The number of rotatable bonds is 9. The normalized spacial score (nSPS) is 26.7. The summed E-state index contributed by atoms with van der Waals surface area (Å²) in [4.78, 5) is 32.6. The van der Waals surface area contributed by atoms with E-state index in [1.807, 2.05) is 18.2 Å². The Balaban J connectivity index is 1.59.